The molecular weight excluding hydrogens is 470 g/mol. The largest absolute Gasteiger partial charge is 0.433 e. The van der Waals surface area contributed by atoms with Gasteiger partial charge in [-0.2, -0.15) is 13.2 Å². The van der Waals surface area contributed by atoms with Crippen molar-refractivity contribution in [1.29, 1.82) is 0 Å². The van der Waals surface area contributed by atoms with E-state index in [4.69, 9.17) is 23.2 Å². The summed E-state index contributed by atoms with van der Waals surface area (Å²) in [6.07, 6.45) is -4.51. The number of rotatable bonds is 6. The standard InChI is InChI=1S/C20H20Cl2F3N5O2/c1-11-8-13(4-5-14(11)22)29(7-3-6-21)18(32)15-10-17(31)28-30(15)19-26-12(2)9-16(27-19)20(23,24)25/h4-5,8-9,15H,3,6-7,10H2,1-2H3,(H,28,31). The Kier molecular flexibility index (Phi) is 7.14. The van der Waals surface area contributed by atoms with Crippen molar-refractivity contribution in [2.24, 2.45) is 0 Å². The van der Waals surface area contributed by atoms with Gasteiger partial charge in [0.25, 0.3) is 5.91 Å². The van der Waals surface area contributed by atoms with Crippen molar-refractivity contribution in [1.82, 2.24) is 15.4 Å². The van der Waals surface area contributed by atoms with Crippen LogP contribution in [-0.2, 0) is 15.8 Å². The number of aryl methyl sites for hydroxylation is 2. The first kappa shape index (κ1) is 24.1. The van der Waals surface area contributed by atoms with Gasteiger partial charge >= 0.3 is 6.18 Å². The Morgan fingerprint density at radius 1 is 1.28 bits per heavy atom. The third kappa shape index (κ3) is 5.24. The third-order valence-corrected chi connectivity index (χ3v) is 5.49. The van der Waals surface area contributed by atoms with Gasteiger partial charge < -0.3 is 4.90 Å². The van der Waals surface area contributed by atoms with Gasteiger partial charge in [-0.15, -0.1) is 11.6 Å². The molecule has 1 fully saturated rings. The quantitative estimate of drug-likeness (QED) is 0.619. The summed E-state index contributed by atoms with van der Waals surface area (Å²) < 4.78 is 39.7. The Morgan fingerprint density at radius 2 is 2.00 bits per heavy atom. The summed E-state index contributed by atoms with van der Waals surface area (Å²) in [4.78, 5) is 34.6. The monoisotopic (exact) mass is 489 g/mol. The van der Waals surface area contributed by atoms with Gasteiger partial charge in [0.05, 0.1) is 6.42 Å². The average molecular weight is 490 g/mol. The van der Waals surface area contributed by atoms with Crippen LogP contribution in [0.1, 0.15) is 29.8 Å². The minimum absolute atomic E-state index is 0.0435. The lowest BCUT2D eigenvalue weighted by Gasteiger charge is -2.30. The van der Waals surface area contributed by atoms with Crippen molar-refractivity contribution in [3.8, 4) is 0 Å². The molecule has 1 unspecified atom stereocenters. The maximum Gasteiger partial charge on any atom is 0.433 e. The number of nitrogens with one attached hydrogen (secondary N) is 1. The highest BCUT2D eigenvalue weighted by Crippen LogP contribution is 2.31. The zero-order chi connectivity index (χ0) is 23.6. The van der Waals surface area contributed by atoms with E-state index in [0.29, 0.717) is 17.1 Å². The van der Waals surface area contributed by atoms with Crippen molar-refractivity contribution in [2.45, 2.75) is 38.9 Å². The predicted octanol–water partition coefficient (Wildman–Crippen LogP) is 4.04. The van der Waals surface area contributed by atoms with Crippen LogP contribution in [0.15, 0.2) is 24.3 Å². The molecule has 7 nitrogen and oxygen atoms in total. The van der Waals surface area contributed by atoms with Crippen LogP contribution in [0.2, 0.25) is 5.02 Å². The molecule has 1 aliphatic rings. The van der Waals surface area contributed by atoms with Gasteiger partial charge in [0.2, 0.25) is 11.9 Å². The molecule has 1 N–H and O–H groups in total. The molecule has 2 amide bonds. The summed E-state index contributed by atoms with van der Waals surface area (Å²) in [6, 6.07) is 4.66. The van der Waals surface area contributed by atoms with E-state index in [1.165, 1.54) is 11.8 Å². The van der Waals surface area contributed by atoms with E-state index in [2.05, 4.69) is 15.4 Å². The molecule has 1 atom stereocenters. The van der Waals surface area contributed by atoms with E-state index in [0.717, 1.165) is 16.6 Å². The van der Waals surface area contributed by atoms with Gasteiger partial charge in [-0.05, 0) is 50.1 Å². The van der Waals surface area contributed by atoms with E-state index in [1.54, 1.807) is 25.1 Å². The highest BCUT2D eigenvalue weighted by atomic mass is 35.5. The van der Waals surface area contributed by atoms with E-state index in [1.807, 2.05) is 0 Å². The third-order valence-electron chi connectivity index (χ3n) is 4.80. The number of alkyl halides is 4. The number of hydrazine groups is 1. The Morgan fingerprint density at radius 3 is 2.62 bits per heavy atom. The van der Waals surface area contributed by atoms with Crippen molar-refractivity contribution < 1.29 is 22.8 Å². The number of carbonyl (C=O) groups is 2. The maximum atomic E-state index is 13.5. The van der Waals surface area contributed by atoms with Crippen molar-refractivity contribution in [3.05, 3.63) is 46.2 Å². The first-order valence-electron chi connectivity index (χ1n) is 9.66. The van der Waals surface area contributed by atoms with Gasteiger partial charge in [0.15, 0.2) is 0 Å². The first-order chi connectivity index (χ1) is 15.0. The highest BCUT2D eigenvalue weighted by Gasteiger charge is 2.41. The zero-order valence-corrected chi connectivity index (χ0v) is 18.7. The second-order valence-electron chi connectivity index (χ2n) is 7.28. The Bertz CT molecular complexity index is 1030. The van der Waals surface area contributed by atoms with Gasteiger partial charge in [0.1, 0.15) is 11.7 Å². The number of hydrogen-bond acceptors (Lipinski definition) is 5. The number of hydrogen-bond donors (Lipinski definition) is 1. The molecule has 172 valence electrons. The summed E-state index contributed by atoms with van der Waals surface area (Å²) in [5.74, 6) is -1.16. The van der Waals surface area contributed by atoms with Crippen LogP contribution in [-0.4, -0.2) is 40.2 Å². The number of amides is 2. The molecule has 12 heteroatoms. The number of halogens is 5. The van der Waals surface area contributed by atoms with Gasteiger partial charge in [0, 0.05) is 28.8 Å². The van der Waals surface area contributed by atoms with Crippen LogP contribution in [0.3, 0.4) is 0 Å². The molecule has 2 aromatic rings. The molecule has 2 heterocycles. The number of anilines is 2. The number of benzene rings is 1. The van der Waals surface area contributed by atoms with E-state index in [-0.39, 0.29) is 24.5 Å². The van der Waals surface area contributed by atoms with Crippen LogP contribution in [0.5, 0.6) is 0 Å². The molecule has 3 rings (SSSR count). The fraction of sp³-hybridized carbons (Fsp3) is 0.400. The average Bonchev–Trinajstić information content (AvgIpc) is 3.11. The van der Waals surface area contributed by atoms with Crippen LogP contribution >= 0.6 is 23.2 Å². The SMILES string of the molecule is Cc1cc(C(F)(F)F)nc(N2NC(=O)CC2C(=O)N(CCCCl)c2ccc(Cl)c(C)c2)n1. The molecule has 1 saturated heterocycles. The van der Waals surface area contributed by atoms with E-state index in [9.17, 15) is 22.8 Å². The van der Waals surface area contributed by atoms with Gasteiger partial charge in [-0.25, -0.2) is 15.0 Å². The molecular formula is C20H20Cl2F3N5O2. The maximum absolute atomic E-state index is 13.5. The predicted molar refractivity (Wildman–Crippen MR) is 115 cm³/mol. The molecule has 0 bridgehead atoms. The van der Waals surface area contributed by atoms with E-state index < -0.39 is 35.7 Å². The lowest BCUT2D eigenvalue weighted by Crippen LogP contribution is -2.50. The van der Waals surface area contributed by atoms with Gasteiger partial charge in [-0.3, -0.25) is 15.0 Å². The zero-order valence-electron chi connectivity index (χ0n) is 17.2. The Labute approximate surface area is 192 Å². The summed E-state index contributed by atoms with van der Waals surface area (Å²) in [5.41, 5.74) is 2.54. The minimum Gasteiger partial charge on any atom is -0.311 e. The molecule has 1 aromatic carbocycles. The summed E-state index contributed by atoms with van der Waals surface area (Å²) in [7, 11) is 0. The molecule has 32 heavy (non-hydrogen) atoms. The van der Waals surface area contributed by atoms with Crippen LogP contribution in [0.25, 0.3) is 0 Å². The van der Waals surface area contributed by atoms with Gasteiger partial charge in [-0.1, -0.05) is 11.6 Å². The molecule has 0 spiro atoms. The lowest BCUT2D eigenvalue weighted by molar-refractivity contribution is -0.141. The molecule has 1 aromatic heterocycles. The van der Waals surface area contributed by atoms with Crippen LogP contribution in [0, 0.1) is 13.8 Å². The lowest BCUT2D eigenvalue weighted by atomic mass is 10.1. The normalized spacial score (nSPS) is 16.3. The smallest absolute Gasteiger partial charge is 0.311 e. The number of nitrogens with zero attached hydrogens (tertiary/aromatic N) is 4. The van der Waals surface area contributed by atoms with Crippen molar-refractivity contribution >= 4 is 46.7 Å². The highest BCUT2D eigenvalue weighted by molar-refractivity contribution is 6.31. The van der Waals surface area contributed by atoms with Crippen molar-refractivity contribution in [3.63, 3.8) is 0 Å². The number of carbonyl (C=O) groups excluding carboxylic acids is 2. The Hall–Kier alpha value is -2.59. The second-order valence-corrected chi connectivity index (χ2v) is 8.07. The molecule has 0 saturated carbocycles. The van der Waals surface area contributed by atoms with Crippen LogP contribution in [0.4, 0.5) is 24.8 Å². The summed E-state index contributed by atoms with van der Waals surface area (Å²) >= 11 is 11.9. The molecule has 0 aliphatic carbocycles. The minimum atomic E-state index is -4.71. The summed E-state index contributed by atoms with van der Waals surface area (Å²) in [5, 5.41) is 1.51. The second kappa shape index (κ2) is 9.50. The first-order valence-corrected chi connectivity index (χ1v) is 10.6. The fourth-order valence-electron chi connectivity index (χ4n) is 3.28. The van der Waals surface area contributed by atoms with E-state index >= 15 is 0 Å². The van der Waals surface area contributed by atoms with Crippen molar-refractivity contribution in [2.75, 3.05) is 22.3 Å². The number of aromatic nitrogens is 2. The topological polar surface area (TPSA) is 78.4 Å². The van der Waals surface area contributed by atoms with Crippen LogP contribution < -0.4 is 15.3 Å². The molecule has 0 radical (unpaired) electrons. The summed E-state index contributed by atoms with van der Waals surface area (Å²) in [6.45, 7) is 3.39. The Balaban J connectivity index is 1.99. The molecule has 1 aliphatic heterocycles. The fourth-order valence-corrected chi connectivity index (χ4v) is 3.52.